The topological polar surface area (TPSA) is 80.1 Å². The third-order valence-corrected chi connectivity index (χ3v) is 3.61. The molecule has 0 radical (unpaired) electrons. The lowest BCUT2D eigenvalue weighted by Gasteiger charge is -2.20. The van der Waals surface area contributed by atoms with Crippen LogP contribution in [0.5, 0.6) is 0 Å². The maximum atomic E-state index is 11.7. The molecule has 0 bridgehead atoms. The SMILES string of the molecule is CC(C)(C)OC(=O)NCC(N)c1c[nH]c2ccc(I)cc12. The fourth-order valence-corrected chi connectivity index (χ4v) is 2.53. The van der Waals surface area contributed by atoms with Crippen LogP contribution < -0.4 is 11.1 Å². The Morgan fingerprint density at radius 3 is 2.86 bits per heavy atom. The largest absolute Gasteiger partial charge is 0.444 e. The molecule has 2 rings (SSSR count). The Morgan fingerprint density at radius 1 is 1.48 bits per heavy atom. The van der Waals surface area contributed by atoms with Gasteiger partial charge in [-0.1, -0.05) is 0 Å². The van der Waals surface area contributed by atoms with Gasteiger partial charge in [-0.25, -0.2) is 4.79 Å². The first kappa shape index (κ1) is 16.1. The summed E-state index contributed by atoms with van der Waals surface area (Å²) >= 11 is 2.27. The third-order valence-electron chi connectivity index (χ3n) is 2.94. The Kier molecular flexibility index (Phi) is 4.77. The molecule has 2 aromatic rings. The monoisotopic (exact) mass is 401 g/mol. The molecular weight excluding hydrogens is 381 g/mol. The molecule has 5 nitrogen and oxygen atoms in total. The summed E-state index contributed by atoms with van der Waals surface area (Å²) in [6.45, 7) is 5.81. The number of carbonyl (C=O) groups is 1. The van der Waals surface area contributed by atoms with E-state index in [0.29, 0.717) is 6.54 Å². The first-order valence-electron chi connectivity index (χ1n) is 6.75. The van der Waals surface area contributed by atoms with E-state index in [1.165, 1.54) is 0 Å². The van der Waals surface area contributed by atoms with Crippen LogP contribution >= 0.6 is 22.6 Å². The molecule has 1 aromatic carbocycles. The average Bonchev–Trinajstić information content (AvgIpc) is 2.76. The lowest BCUT2D eigenvalue weighted by molar-refractivity contribution is 0.0524. The fourth-order valence-electron chi connectivity index (χ4n) is 2.04. The quantitative estimate of drug-likeness (QED) is 0.691. The molecule has 0 spiro atoms. The zero-order valence-electron chi connectivity index (χ0n) is 12.4. The van der Waals surface area contributed by atoms with Crippen molar-refractivity contribution < 1.29 is 9.53 Å². The fraction of sp³-hybridized carbons (Fsp3) is 0.400. The van der Waals surface area contributed by atoms with Crippen molar-refractivity contribution in [3.05, 3.63) is 33.5 Å². The molecule has 0 aliphatic carbocycles. The van der Waals surface area contributed by atoms with Crippen molar-refractivity contribution in [1.29, 1.82) is 0 Å². The van der Waals surface area contributed by atoms with E-state index in [4.69, 9.17) is 10.5 Å². The van der Waals surface area contributed by atoms with E-state index < -0.39 is 11.7 Å². The lowest BCUT2D eigenvalue weighted by Crippen LogP contribution is -2.36. The van der Waals surface area contributed by atoms with E-state index in [2.05, 4.69) is 39.0 Å². The predicted octanol–water partition coefficient (Wildman–Crippen LogP) is 3.30. The first-order valence-corrected chi connectivity index (χ1v) is 7.83. The smallest absolute Gasteiger partial charge is 0.407 e. The summed E-state index contributed by atoms with van der Waals surface area (Å²) in [5, 5.41) is 3.79. The molecule has 4 N–H and O–H groups in total. The molecule has 0 saturated carbocycles. The molecule has 1 heterocycles. The summed E-state index contributed by atoms with van der Waals surface area (Å²) in [5.74, 6) is 0. The standard InChI is InChI=1S/C15H20IN3O2/c1-15(2,3)21-14(20)19-8-12(17)11-7-18-13-5-4-9(16)6-10(11)13/h4-7,12,18H,8,17H2,1-3H3,(H,19,20). The van der Waals surface area contributed by atoms with E-state index in [0.717, 1.165) is 20.0 Å². The minimum absolute atomic E-state index is 0.288. The van der Waals surface area contributed by atoms with Crippen molar-refractivity contribution in [2.24, 2.45) is 5.73 Å². The number of nitrogens with one attached hydrogen (secondary N) is 2. The lowest BCUT2D eigenvalue weighted by atomic mass is 10.1. The highest BCUT2D eigenvalue weighted by Crippen LogP contribution is 2.24. The van der Waals surface area contributed by atoms with Crippen LogP contribution in [0.3, 0.4) is 0 Å². The molecule has 1 aromatic heterocycles. The van der Waals surface area contributed by atoms with Gasteiger partial charge in [0.2, 0.25) is 0 Å². The van der Waals surface area contributed by atoms with Gasteiger partial charge in [0.15, 0.2) is 0 Å². The number of nitrogens with two attached hydrogens (primary N) is 1. The van der Waals surface area contributed by atoms with Gasteiger partial charge < -0.3 is 20.8 Å². The van der Waals surface area contributed by atoms with Gasteiger partial charge in [-0.05, 0) is 67.1 Å². The van der Waals surface area contributed by atoms with Crippen molar-refractivity contribution in [2.75, 3.05) is 6.54 Å². The van der Waals surface area contributed by atoms with Crippen molar-refractivity contribution in [3.8, 4) is 0 Å². The number of ether oxygens (including phenoxy) is 1. The molecule has 21 heavy (non-hydrogen) atoms. The van der Waals surface area contributed by atoms with Crippen LogP contribution in [-0.4, -0.2) is 23.2 Å². The zero-order chi connectivity index (χ0) is 15.6. The predicted molar refractivity (Wildman–Crippen MR) is 92.2 cm³/mol. The number of hydrogen-bond donors (Lipinski definition) is 3. The highest BCUT2D eigenvalue weighted by molar-refractivity contribution is 14.1. The molecular formula is C15H20IN3O2. The Labute approximate surface area is 137 Å². The first-order chi connectivity index (χ1) is 9.76. The molecule has 6 heteroatoms. The van der Waals surface area contributed by atoms with Gasteiger partial charge >= 0.3 is 6.09 Å². The van der Waals surface area contributed by atoms with Crippen LogP contribution in [0, 0.1) is 3.57 Å². The van der Waals surface area contributed by atoms with Crippen LogP contribution in [0.25, 0.3) is 10.9 Å². The number of benzene rings is 1. The van der Waals surface area contributed by atoms with Crippen LogP contribution in [0.4, 0.5) is 4.79 Å². The molecule has 1 atom stereocenters. The Balaban J connectivity index is 2.04. The number of alkyl carbamates (subject to hydrolysis) is 1. The van der Waals surface area contributed by atoms with Crippen molar-refractivity contribution >= 4 is 39.6 Å². The van der Waals surface area contributed by atoms with Crippen molar-refractivity contribution in [1.82, 2.24) is 10.3 Å². The highest BCUT2D eigenvalue weighted by Gasteiger charge is 2.18. The van der Waals surface area contributed by atoms with Crippen LogP contribution in [0.15, 0.2) is 24.4 Å². The summed E-state index contributed by atoms with van der Waals surface area (Å²) < 4.78 is 6.34. The van der Waals surface area contributed by atoms with E-state index in [-0.39, 0.29) is 6.04 Å². The summed E-state index contributed by atoms with van der Waals surface area (Å²) in [7, 11) is 0. The molecule has 0 aliphatic rings. The van der Waals surface area contributed by atoms with Gasteiger partial charge in [0.05, 0.1) is 0 Å². The summed E-state index contributed by atoms with van der Waals surface area (Å²) in [5.41, 5.74) is 7.69. The molecule has 0 fully saturated rings. The van der Waals surface area contributed by atoms with Crippen molar-refractivity contribution in [3.63, 3.8) is 0 Å². The number of fused-ring (bicyclic) bond motifs is 1. The zero-order valence-corrected chi connectivity index (χ0v) is 14.5. The van der Waals surface area contributed by atoms with Crippen LogP contribution in [0.1, 0.15) is 32.4 Å². The summed E-state index contributed by atoms with van der Waals surface area (Å²) in [6, 6.07) is 5.85. The second-order valence-electron chi connectivity index (χ2n) is 5.92. The number of carbonyl (C=O) groups excluding carboxylic acids is 1. The minimum Gasteiger partial charge on any atom is -0.444 e. The Morgan fingerprint density at radius 2 is 2.19 bits per heavy atom. The van der Waals surface area contributed by atoms with Gasteiger partial charge in [0.25, 0.3) is 0 Å². The van der Waals surface area contributed by atoms with Gasteiger partial charge in [-0.3, -0.25) is 0 Å². The number of H-pyrrole nitrogens is 1. The molecule has 1 unspecified atom stereocenters. The molecule has 0 saturated heterocycles. The van der Waals surface area contributed by atoms with Gasteiger partial charge in [-0.15, -0.1) is 0 Å². The minimum atomic E-state index is -0.509. The maximum absolute atomic E-state index is 11.7. The normalized spacial score (nSPS) is 13.2. The van der Waals surface area contributed by atoms with Gasteiger partial charge in [-0.2, -0.15) is 0 Å². The Bertz CT molecular complexity index is 646. The second-order valence-corrected chi connectivity index (χ2v) is 7.17. The average molecular weight is 401 g/mol. The summed E-state index contributed by atoms with van der Waals surface area (Å²) in [4.78, 5) is 14.8. The number of amides is 1. The molecule has 114 valence electrons. The molecule has 0 aliphatic heterocycles. The van der Waals surface area contributed by atoms with E-state index >= 15 is 0 Å². The number of aromatic amines is 1. The number of aromatic nitrogens is 1. The van der Waals surface area contributed by atoms with E-state index in [1.54, 1.807) is 0 Å². The molecule has 1 amide bonds. The number of hydrogen-bond acceptors (Lipinski definition) is 3. The van der Waals surface area contributed by atoms with Gasteiger partial charge in [0.1, 0.15) is 5.60 Å². The van der Waals surface area contributed by atoms with Gasteiger partial charge in [0, 0.05) is 33.3 Å². The number of halogens is 1. The summed E-state index contributed by atoms with van der Waals surface area (Å²) in [6.07, 6.45) is 1.44. The Hall–Kier alpha value is -1.28. The maximum Gasteiger partial charge on any atom is 0.407 e. The van der Waals surface area contributed by atoms with Crippen LogP contribution in [-0.2, 0) is 4.74 Å². The van der Waals surface area contributed by atoms with Crippen molar-refractivity contribution in [2.45, 2.75) is 32.4 Å². The van der Waals surface area contributed by atoms with Crippen LogP contribution in [0.2, 0.25) is 0 Å². The van der Waals surface area contributed by atoms with E-state index in [1.807, 2.05) is 39.1 Å². The van der Waals surface area contributed by atoms with E-state index in [9.17, 15) is 4.79 Å². The number of rotatable bonds is 3. The highest BCUT2D eigenvalue weighted by atomic mass is 127. The third kappa shape index (κ3) is 4.34. The second kappa shape index (κ2) is 6.23.